The van der Waals surface area contributed by atoms with Crippen LogP contribution in [-0.2, 0) is 0 Å². The maximum Gasteiger partial charge on any atom is 0.127 e. The maximum absolute atomic E-state index is 13.8. The third kappa shape index (κ3) is 2.40. The van der Waals surface area contributed by atoms with E-state index in [-0.39, 0.29) is 5.82 Å². The van der Waals surface area contributed by atoms with Gasteiger partial charge in [0.15, 0.2) is 0 Å². The number of halogens is 2. The average Bonchev–Trinajstić information content (AvgIpc) is 2.25. The second kappa shape index (κ2) is 4.62. The zero-order valence-corrected chi connectivity index (χ0v) is 10.4. The first-order chi connectivity index (χ1) is 7.18. The van der Waals surface area contributed by atoms with Crippen LogP contribution in [0.25, 0.3) is 0 Å². The Labute approximate surface area is 98.2 Å². The number of rotatable bonds is 1. The summed E-state index contributed by atoms with van der Waals surface area (Å²) in [6.45, 7) is 3.97. The highest BCUT2D eigenvalue weighted by Crippen LogP contribution is 2.29. The fourth-order valence-corrected chi connectivity index (χ4v) is 2.43. The average molecular weight is 272 g/mol. The van der Waals surface area contributed by atoms with E-state index < -0.39 is 0 Å². The standard InChI is InChI=1S/C12H15BrFN/c1-8-5-10(12(14)6-11(8)13)9-3-2-4-15-7-9/h5-6,9,15H,2-4,7H2,1H3. The van der Waals surface area contributed by atoms with Crippen LogP contribution in [-0.4, -0.2) is 13.1 Å². The Hall–Kier alpha value is -0.410. The highest BCUT2D eigenvalue weighted by atomic mass is 79.9. The Morgan fingerprint density at radius 2 is 2.27 bits per heavy atom. The van der Waals surface area contributed by atoms with E-state index >= 15 is 0 Å². The molecule has 0 amide bonds. The summed E-state index contributed by atoms with van der Waals surface area (Å²) in [5, 5.41) is 3.32. The summed E-state index contributed by atoms with van der Waals surface area (Å²) >= 11 is 3.35. The van der Waals surface area contributed by atoms with Gasteiger partial charge < -0.3 is 5.32 Å². The van der Waals surface area contributed by atoms with Crippen molar-refractivity contribution in [3.05, 3.63) is 33.5 Å². The van der Waals surface area contributed by atoms with Gasteiger partial charge >= 0.3 is 0 Å². The molecule has 1 N–H and O–H groups in total. The molecule has 1 unspecified atom stereocenters. The molecule has 0 saturated carbocycles. The highest BCUT2D eigenvalue weighted by molar-refractivity contribution is 9.10. The zero-order chi connectivity index (χ0) is 10.8. The molecule has 1 aliphatic rings. The molecule has 1 heterocycles. The minimum Gasteiger partial charge on any atom is -0.316 e. The van der Waals surface area contributed by atoms with Crippen LogP contribution in [0.15, 0.2) is 16.6 Å². The smallest absolute Gasteiger partial charge is 0.127 e. The minimum absolute atomic E-state index is 0.0822. The van der Waals surface area contributed by atoms with Crippen LogP contribution >= 0.6 is 15.9 Å². The lowest BCUT2D eigenvalue weighted by Crippen LogP contribution is -2.28. The minimum atomic E-state index is -0.0822. The molecule has 15 heavy (non-hydrogen) atoms. The second-order valence-electron chi connectivity index (χ2n) is 4.17. The number of benzene rings is 1. The van der Waals surface area contributed by atoms with Crippen LogP contribution in [0, 0.1) is 12.7 Å². The molecule has 82 valence electrons. The summed E-state index contributed by atoms with van der Waals surface area (Å²) in [5.41, 5.74) is 1.97. The van der Waals surface area contributed by atoms with Crippen molar-refractivity contribution < 1.29 is 4.39 Å². The van der Waals surface area contributed by atoms with E-state index in [9.17, 15) is 4.39 Å². The summed E-state index contributed by atoms with van der Waals surface area (Å²) < 4.78 is 14.6. The van der Waals surface area contributed by atoms with Gasteiger partial charge in [-0.05, 0) is 49.4 Å². The van der Waals surface area contributed by atoms with Crippen molar-refractivity contribution >= 4 is 15.9 Å². The van der Waals surface area contributed by atoms with Gasteiger partial charge in [0.1, 0.15) is 5.82 Å². The van der Waals surface area contributed by atoms with Gasteiger partial charge in [0.25, 0.3) is 0 Å². The van der Waals surface area contributed by atoms with Crippen molar-refractivity contribution in [3.8, 4) is 0 Å². The van der Waals surface area contributed by atoms with Crippen LogP contribution in [0.5, 0.6) is 0 Å². The Bertz CT molecular complexity index is 359. The van der Waals surface area contributed by atoms with E-state index in [1.807, 2.05) is 13.0 Å². The van der Waals surface area contributed by atoms with Crippen molar-refractivity contribution in [2.75, 3.05) is 13.1 Å². The number of hydrogen-bond donors (Lipinski definition) is 1. The van der Waals surface area contributed by atoms with Gasteiger partial charge in [-0.1, -0.05) is 22.0 Å². The molecule has 1 saturated heterocycles. The van der Waals surface area contributed by atoms with E-state index in [2.05, 4.69) is 21.2 Å². The quantitative estimate of drug-likeness (QED) is 0.826. The Morgan fingerprint density at radius 3 is 2.93 bits per heavy atom. The predicted octanol–water partition coefficient (Wildman–Crippen LogP) is 3.36. The topological polar surface area (TPSA) is 12.0 Å². The molecule has 0 spiro atoms. The van der Waals surface area contributed by atoms with Crippen molar-refractivity contribution in [1.82, 2.24) is 5.32 Å². The van der Waals surface area contributed by atoms with Crippen molar-refractivity contribution in [2.24, 2.45) is 0 Å². The number of aryl methyl sites for hydroxylation is 1. The lowest BCUT2D eigenvalue weighted by atomic mass is 9.90. The normalized spacial score (nSPS) is 21.7. The molecule has 0 aromatic heterocycles. The molecule has 3 heteroatoms. The van der Waals surface area contributed by atoms with E-state index in [0.717, 1.165) is 41.5 Å². The van der Waals surface area contributed by atoms with Gasteiger partial charge in [-0.3, -0.25) is 0 Å². The first kappa shape index (κ1) is 11.1. The van der Waals surface area contributed by atoms with Gasteiger partial charge in [0, 0.05) is 11.0 Å². The summed E-state index contributed by atoms with van der Waals surface area (Å²) in [6, 6.07) is 3.55. The molecule has 0 bridgehead atoms. The molecule has 1 aromatic carbocycles. The molecule has 2 rings (SSSR count). The van der Waals surface area contributed by atoms with E-state index in [4.69, 9.17) is 0 Å². The Kier molecular flexibility index (Phi) is 3.42. The Morgan fingerprint density at radius 1 is 1.47 bits per heavy atom. The first-order valence-corrected chi connectivity index (χ1v) is 6.14. The molecule has 1 aromatic rings. The number of piperidine rings is 1. The number of nitrogens with one attached hydrogen (secondary N) is 1. The third-order valence-electron chi connectivity index (χ3n) is 3.01. The molecule has 0 aliphatic carbocycles. The first-order valence-electron chi connectivity index (χ1n) is 5.34. The molecule has 0 radical (unpaired) electrons. The predicted molar refractivity (Wildman–Crippen MR) is 63.7 cm³/mol. The largest absolute Gasteiger partial charge is 0.316 e. The zero-order valence-electron chi connectivity index (χ0n) is 8.82. The van der Waals surface area contributed by atoms with E-state index in [1.165, 1.54) is 0 Å². The van der Waals surface area contributed by atoms with Crippen molar-refractivity contribution in [3.63, 3.8) is 0 Å². The van der Waals surface area contributed by atoms with E-state index in [0.29, 0.717) is 5.92 Å². The lowest BCUT2D eigenvalue weighted by Gasteiger charge is -2.24. The summed E-state index contributed by atoms with van der Waals surface area (Å²) in [7, 11) is 0. The molecule has 1 nitrogen and oxygen atoms in total. The van der Waals surface area contributed by atoms with Gasteiger partial charge in [0.2, 0.25) is 0 Å². The lowest BCUT2D eigenvalue weighted by molar-refractivity contribution is 0.446. The van der Waals surface area contributed by atoms with Crippen molar-refractivity contribution in [2.45, 2.75) is 25.7 Å². The van der Waals surface area contributed by atoms with Gasteiger partial charge in [-0.25, -0.2) is 4.39 Å². The highest BCUT2D eigenvalue weighted by Gasteiger charge is 2.19. The van der Waals surface area contributed by atoms with Gasteiger partial charge in [0.05, 0.1) is 0 Å². The van der Waals surface area contributed by atoms with Crippen LogP contribution in [0.4, 0.5) is 4.39 Å². The molecule has 1 fully saturated rings. The maximum atomic E-state index is 13.8. The number of hydrogen-bond acceptors (Lipinski definition) is 1. The second-order valence-corrected chi connectivity index (χ2v) is 5.02. The molecular weight excluding hydrogens is 257 g/mol. The van der Waals surface area contributed by atoms with Crippen molar-refractivity contribution in [1.29, 1.82) is 0 Å². The molecule has 1 aliphatic heterocycles. The van der Waals surface area contributed by atoms with E-state index in [1.54, 1.807) is 6.07 Å². The fourth-order valence-electron chi connectivity index (χ4n) is 2.11. The van der Waals surface area contributed by atoms with Crippen LogP contribution in [0.2, 0.25) is 0 Å². The summed E-state index contributed by atoms with van der Waals surface area (Å²) in [6.07, 6.45) is 2.23. The third-order valence-corrected chi connectivity index (χ3v) is 3.87. The molecule has 1 atom stereocenters. The van der Waals surface area contributed by atoms with Crippen LogP contribution in [0.1, 0.15) is 29.9 Å². The Balaban J connectivity index is 2.30. The van der Waals surface area contributed by atoms with Gasteiger partial charge in [-0.15, -0.1) is 0 Å². The molecular formula is C12H15BrFN. The van der Waals surface area contributed by atoms with Crippen LogP contribution < -0.4 is 5.32 Å². The summed E-state index contributed by atoms with van der Waals surface area (Å²) in [5.74, 6) is 0.256. The summed E-state index contributed by atoms with van der Waals surface area (Å²) in [4.78, 5) is 0. The van der Waals surface area contributed by atoms with Gasteiger partial charge in [-0.2, -0.15) is 0 Å². The monoisotopic (exact) mass is 271 g/mol. The SMILES string of the molecule is Cc1cc(C2CCCNC2)c(F)cc1Br. The van der Waals surface area contributed by atoms with Crippen LogP contribution in [0.3, 0.4) is 0 Å². The fraction of sp³-hybridized carbons (Fsp3) is 0.500.